The maximum atomic E-state index is 13.9. The lowest BCUT2D eigenvalue weighted by molar-refractivity contribution is -0.139. The topological polar surface area (TPSA) is 66.8 Å². The third kappa shape index (κ3) is 3.85. The largest absolute Gasteiger partial charge is 0.482 e. The molecule has 0 bridgehead atoms. The molecule has 0 unspecified atom stereocenters. The van der Waals surface area contributed by atoms with E-state index in [0.717, 1.165) is 12.8 Å². The van der Waals surface area contributed by atoms with Gasteiger partial charge in [0.2, 0.25) is 5.91 Å². The molecule has 5 nitrogen and oxygen atoms in total. The van der Waals surface area contributed by atoms with Crippen LogP contribution in [0.4, 0.5) is 10.1 Å². The van der Waals surface area contributed by atoms with E-state index >= 15 is 0 Å². The van der Waals surface area contributed by atoms with E-state index in [1.54, 1.807) is 54.4 Å². The van der Waals surface area contributed by atoms with Crippen molar-refractivity contribution in [2.24, 2.45) is 5.41 Å². The van der Waals surface area contributed by atoms with Crippen LogP contribution in [0.5, 0.6) is 5.75 Å². The molecule has 2 aromatic carbocycles. The van der Waals surface area contributed by atoms with Crippen LogP contribution in [0.25, 0.3) is 0 Å². The number of hydrogen-bond acceptors (Lipinski definition) is 3. The Kier molecular flexibility index (Phi) is 4.93. The highest BCUT2D eigenvalue weighted by Crippen LogP contribution is 2.50. The van der Waals surface area contributed by atoms with Crippen LogP contribution in [0, 0.1) is 11.2 Å². The summed E-state index contributed by atoms with van der Waals surface area (Å²) in [6.07, 6.45) is 1.87. The smallest absolute Gasteiger partial charge is 0.341 e. The van der Waals surface area contributed by atoms with Gasteiger partial charge in [0.1, 0.15) is 11.6 Å². The van der Waals surface area contributed by atoms with Crippen molar-refractivity contribution in [3.8, 4) is 5.75 Å². The number of carboxylic acid groups (broad SMARTS) is 1. The lowest BCUT2D eigenvalue weighted by Gasteiger charge is -2.24. The fourth-order valence-corrected chi connectivity index (χ4v) is 3.01. The Morgan fingerprint density at radius 1 is 1.15 bits per heavy atom. The summed E-state index contributed by atoms with van der Waals surface area (Å²) in [7, 11) is 1.69. The van der Waals surface area contributed by atoms with Crippen LogP contribution in [0.3, 0.4) is 0 Å². The van der Waals surface area contributed by atoms with E-state index in [0.29, 0.717) is 23.4 Å². The van der Waals surface area contributed by atoms with Gasteiger partial charge >= 0.3 is 5.97 Å². The van der Waals surface area contributed by atoms with E-state index in [4.69, 9.17) is 9.84 Å². The molecule has 6 heteroatoms. The molecule has 0 aromatic heterocycles. The number of carbonyl (C=O) groups is 2. The van der Waals surface area contributed by atoms with E-state index in [1.807, 2.05) is 0 Å². The molecule has 0 heterocycles. The van der Waals surface area contributed by atoms with Crippen LogP contribution in [0.2, 0.25) is 0 Å². The number of nitrogens with zero attached hydrogens (tertiary/aromatic N) is 1. The molecule has 1 N–H and O–H groups in total. The first-order chi connectivity index (χ1) is 12.4. The number of hydrogen-bond donors (Lipinski definition) is 1. The van der Waals surface area contributed by atoms with Crippen molar-refractivity contribution in [3.05, 3.63) is 59.9 Å². The van der Waals surface area contributed by atoms with Gasteiger partial charge in [0.05, 0.1) is 5.41 Å². The number of rotatable bonds is 7. The van der Waals surface area contributed by atoms with E-state index in [-0.39, 0.29) is 11.7 Å². The molecule has 0 atom stereocenters. The highest BCUT2D eigenvalue weighted by Gasteiger charge is 2.51. The Bertz CT molecular complexity index is 815. The highest BCUT2D eigenvalue weighted by molar-refractivity contribution is 5.99. The Balaban J connectivity index is 1.69. The Morgan fingerprint density at radius 3 is 2.38 bits per heavy atom. The minimum absolute atomic E-state index is 0.0417. The molecular formula is C20H20FNO4. The summed E-state index contributed by atoms with van der Waals surface area (Å²) >= 11 is 0. The summed E-state index contributed by atoms with van der Waals surface area (Å²) in [5.74, 6) is -0.955. The number of halogens is 1. The predicted octanol–water partition coefficient (Wildman–Crippen LogP) is 3.27. The summed E-state index contributed by atoms with van der Waals surface area (Å²) in [5, 5.41) is 8.62. The Labute approximate surface area is 151 Å². The molecule has 1 aliphatic carbocycles. The molecule has 136 valence electrons. The highest BCUT2D eigenvalue weighted by atomic mass is 19.1. The first-order valence-electron chi connectivity index (χ1n) is 8.37. The van der Waals surface area contributed by atoms with Crippen molar-refractivity contribution in [1.29, 1.82) is 0 Å². The summed E-state index contributed by atoms with van der Waals surface area (Å²) in [6, 6.07) is 13.2. The van der Waals surface area contributed by atoms with Gasteiger partial charge in [-0.2, -0.15) is 0 Å². The van der Waals surface area contributed by atoms with Gasteiger partial charge in [0.15, 0.2) is 6.61 Å². The second kappa shape index (κ2) is 7.15. The van der Waals surface area contributed by atoms with Gasteiger partial charge in [-0.3, -0.25) is 4.79 Å². The molecule has 2 aromatic rings. The van der Waals surface area contributed by atoms with Crippen LogP contribution < -0.4 is 9.64 Å². The summed E-state index contributed by atoms with van der Waals surface area (Å²) in [6.45, 7) is -0.417. The molecule has 0 spiro atoms. The normalized spacial score (nSPS) is 14.5. The molecular weight excluding hydrogens is 337 g/mol. The van der Waals surface area contributed by atoms with Crippen molar-refractivity contribution in [1.82, 2.24) is 0 Å². The van der Waals surface area contributed by atoms with Crippen LogP contribution in [-0.2, 0) is 16.0 Å². The fraction of sp³-hybridized carbons (Fsp3) is 0.300. The maximum Gasteiger partial charge on any atom is 0.341 e. The van der Waals surface area contributed by atoms with Gasteiger partial charge < -0.3 is 14.7 Å². The van der Waals surface area contributed by atoms with Gasteiger partial charge in [0.25, 0.3) is 0 Å². The van der Waals surface area contributed by atoms with Crippen LogP contribution in [0.15, 0.2) is 48.5 Å². The number of carbonyl (C=O) groups excluding carboxylic acids is 1. The molecule has 1 amide bonds. The van der Waals surface area contributed by atoms with Gasteiger partial charge in [-0.1, -0.05) is 18.2 Å². The predicted molar refractivity (Wildman–Crippen MR) is 94.8 cm³/mol. The molecule has 0 radical (unpaired) electrons. The van der Waals surface area contributed by atoms with E-state index in [2.05, 4.69) is 0 Å². The van der Waals surface area contributed by atoms with Gasteiger partial charge in [-0.15, -0.1) is 0 Å². The summed E-state index contributed by atoms with van der Waals surface area (Å²) in [4.78, 5) is 25.0. The van der Waals surface area contributed by atoms with E-state index in [9.17, 15) is 14.0 Å². The van der Waals surface area contributed by atoms with Crippen LogP contribution >= 0.6 is 0 Å². The van der Waals surface area contributed by atoms with E-state index < -0.39 is 18.0 Å². The quantitative estimate of drug-likeness (QED) is 0.826. The van der Waals surface area contributed by atoms with Crippen LogP contribution in [-0.4, -0.2) is 30.6 Å². The standard InChI is InChI=1S/C20H20FNO4/c1-22(15-6-8-16(9-7-15)26-13-18(23)24)19(25)20(10-11-20)12-14-4-2-3-5-17(14)21/h2-9H,10-13H2,1H3,(H,23,24). The minimum atomic E-state index is -1.05. The van der Waals surface area contributed by atoms with Crippen LogP contribution in [0.1, 0.15) is 18.4 Å². The molecule has 1 aliphatic rings. The first-order valence-corrected chi connectivity index (χ1v) is 8.37. The van der Waals surface area contributed by atoms with Crippen molar-refractivity contribution >= 4 is 17.6 Å². The maximum absolute atomic E-state index is 13.9. The van der Waals surface area contributed by atoms with Crippen molar-refractivity contribution in [2.45, 2.75) is 19.3 Å². The summed E-state index contributed by atoms with van der Waals surface area (Å²) in [5.41, 5.74) is 0.691. The van der Waals surface area contributed by atoms with Crippen molar-refractivity contribution in [3.63, 3.8) is 0 Å². The SMILES string of the molecule is CN(C(=O)C1(Cc2ccccc2F)CC1)c1ccc(OCC(=O)O)cc1. The minimum Gasteiger partial charge on any atom is -0.482 e. The number of benzene rings is 2. The first kappa shape index (κ1) is 17.9. The number of anilines is 1. The van der Waals surface area contributed by atoms with Gasteiger partial charge in [-0.05, 0) is 55.2 Å². The second-order valence-electron chi connectivity index (χ2n) is 6.59. The molecule has 0 saturated heterocycles. The molecule has 1 saturated carbocycles. The average molecular weight is 357 g/mol. The lowest BCUT2D eigenvalue weighted by Crippen LogP contribution is -2.35. The fourth-order valence-electron chi connectivity index (χ4n) is 3.01. The molecule has 1 fully saturated rings. The zero-order chi connectivity index (χ0) is 18.7. The third-order valence-corrected chi connectivity index (χ3v) is 4.68. The molecule has 3 rings (SSSR count). The second-order valence-corrected chi connectivity index (χ2v) is 6.59. The molecule has 26 heavy (non-hydrogen) atoms. The number of amides is 1. The van der Waals surface area contributed by atoms with Crippen molar-refractivity contribution in [2.75, 3.05) is 18.6 Å². The zero-order valence-electron chi connectivity index (χ0n) is 14.4. The Hall–Kier alpha value is -2.89. The van der Waals surface area contributed by atoms with Gasteiger partial charge in [-0.25, -0.2) is 9.18 Å². The third-order valence-electron chi connectivity index (χ3n) is 4.68. The monoisotopic (exact) mass is 357 g/mol. The molecule has 0 aliphatic heterocycles. The number of ether oxygens (including phenoxy) is 1. The number of carboxylic acids is 1. The van der Waals surface area contributed by atoms with E-state index in [1.165, 1.54) is 6.07 Å². The lowest BCUT2D eigenvalue weighted by atomic mass is 9.94. The average Bonchev–Trinajstić information content (AvgIpc) is 3.42. The summed E-state index contributed by atoms with van der Waals surface area (Å²) < 4.78 is 19.0. The van der Waals surface area contributed by atoms with Gasteiger partial charge in [0, 0.05) is 12.7 Å². The zero-order valence-corrected chi connectivity index (χ0v) is 14.4. The number of aliphatic carboxylic acids is 1. The Morgan fingerprint density at radius 2 is 1.81 bits per heavy atom. The van der Waals surface area contributed by atoms with Crippen molar-refractivity contribution < 1.29 is 23.8 Å².